The summed E-state index contributed by atoms with van der Waals surface area (Å²) in [5, 5.41) is 8.32. The molecule has 0 amide bonds. The summed E-state index contributed by atoms with van der Waals surface area (Å²) in [6.45, 7) is 2.40. The van der Waals surface area contributed by atoms with Gasteiger partial charge in [0.25, 0.3) is 0 Å². The van der Waals surface area contributed by atoms with Gasteiger partial charge in [0.1, 0.15) is 0 Å². The molecule has 3 unspecified atom stereocenters. The average Bonchev–Trinajstić information content (AvgIpc) is 3.11. The summed E-state index contributed by atoms with van der Waals surface area (Å²) in [5.74, 6) is 0.881. The molecule has 2 aromatic heterocycles. The van der Waals surface area contributed by atoms with Crippen molar-refractivity contribution in [2.45, 2.75) is 51.1 Å². The van der Waals surface area contributed by atoms with Crippen molar-refractivity contribution >= 4 is 22.7 Å². The minimum Gasteiger partial charge on any atom is -0.306 e. The number of rotatable bonds is 5. The first-order chi connectivity index (χ1) is 9.81. The van der Waals surface area contributed by atoms with Crippen molar-refractivity contribution in [1.82, 2.24) is 5.32 Å². The molecule has 1 N–H and O–H groups in total. The van der Waals surface area contributed by atoms with Gasteiger partial charge in [-0.2, -0.15) is 0 Å². The number of nitrogens with one attached hydrogen (secondary N) is 1. The first kappa shape index (κ1) is 14.3. The minimum atomic E-state index is 0.490. The minimum absolute atomic E-state index is 0.490. The maximum atomic E-state index is 3.94. The van der Waals surface area contributed by atoms with Crippen LogP contribution in [0.15, 0.2) is 35.0 Å². The van der Waals surface area contributed by atoms with E-state index >= 15 is 0 Å². The lowest BCUT2D eigenvalue weighted by Gasteiger charge is -2.31. The van der Waals surface area contributed by atoms with E-state index in [1.165, 1.54) is 35.4 Å². The van der Waals surface area contributed by atoms with E-state index in [1.807, 2.05) is 22.7 Å². The summed E-state index contributed by atoms with van der Waals surface area (Å²) in [5.41, 5.74) is 0. The van der Waals surface area contributed by atoms with E-state index in [4.69, 9.17) is 0 Å². The molecule has 1 nitrogen and oxygen atoms in total. The van der Waals surface area contributed by atoms with Gasteiger partial charge in [0, 0.05) is 28.3 Å². The zero-order valence-electron chi connectivity index (χ0n) is 12.0. The van der Waals surface area contributed by atoms with E-state index in [1.54, 1.807) is 0 Å². The average molecular weight is 306 g/mol. The van der Waals surface area contributed by atoms with Gasteiger partial charge in [0.05, 0.1) is 0 Å². The molecule has 1 aliphatic rings. The zero-order chi connectivity index (χ0) is 13.8. The van der Waals surface area contributed by atoms with Crippen molar-refractivity contribution < 1.29 is 0 Å². The highest BCUT2D eigenvalue weighted by atomic mass is 32.1. The predicted molar refractivity (Wildman–Crippen MR) is 89.6 cm³/mol. The largest absolute Gasteiger partial charge is 0.306 e. The van der Waals surface area contributed by atoms with Crippen LogP contribution in [-0.4, -0.2) is 6.04 Å². The highest BCUT2D eigenvalue weighted by Gasteiger charge is 2.23. The molecule has 1 saturated carbocycles. The maximum Gasteiger partial charge on any atom is 0.0465 e. The quantitative estimate of drug-likeness (QED) is 0.794. The Bertz CT molecular complexity index is 489. The predicted octanol–water partition coefficient (Wildman–Crippen LogP) is 5.26. The molecule has 1 aliphatic carbocycles. The summed E-state index contributed by atoms with van der Waals surface area (Å²) in [4.78, 5) is 2.97. The normalized spacial score (nSPS) is 24.6. The molecule has 1 fully saturated rings. The van der Waals surface area contributed by atoms with Crippen molar-refractivity contribution in [2.24, 2.45) is 5.92 Å². The Hall–Kier alpha value is -0.640. The van der Waals surface area contributed by atoms with Crippen LogP contribution in [0.1, 0.15) is 48.4 Å². The van der Waals surface area contributed by atoms with Crippen LogP contribution in [0, 0.1) is 5.92 Å². The molecule has 0 aliphatic heterocycles. The van der Waals surface area contributed by atoms with Crippen LogP contribution in [0.4, 0.5) is 0 Å². The maximum absolute atomic E-state index is 3.94. The van der Waals surface area contributed by atoms with Crippen molar-refractivity contribution in [3.8, 4) is 0 Å². The fraction of sp³-hybridized carbons (Fsp3) is 0.529. The van der Waals surface area contributed by atoms with E-state index in [2.05, 4.69) is 47.3 Å². The van der Waals surface area contributed by atoms with Crippen molar-refractivity contribution in [2.75, 3.05) is 0 Å². The molecule has 0 radical (unpaired) electrons. The van der Waals surface area contributed by atoms with E-state index in [0.717, 1.165) is 12.3 Å². The molecule has 0 saturated heterocycles. The number of hydrogen-bond donors (Lipinski definition) is 1. The molecule has 0 bridgehead atoms. The number of hydrogen-bond acceptors (Lipinski definition) is 3. The zero-order valence-corrected chi connectivity index (χ0v) is 13.7. The third-order valence-electron chi connectivity index (χ3n) is 4.25. The van der Waals surface area contributed by atoms with Crippen LogP contribution in [0.2, 0.25) is 0 Å². The Morgan fingerprint density at radius 1 is 1.20 bits per heavy atom. The highest BCUT2D eigenvalue weighted by molar-refractivity contribution is 7.10. The molecule has 3 rings (SSSR count). The topological polar surface area (TPSA) is 12.0 Å². The Kier molecular flexibility index (Phi) is 4.92. The summed E-state index contributed by atoms with van der Waals surface area (Å²) < 4.78 is 0. The molecule has 20 heavy (non-hydrogen) atoms. The van der Waals surface area contributed by atoms with Gasteiger partial charge in [-0.05, 0) is 41.7 Å². The molecule has 3 atom stereocenters. The summed E-state index contributed by atoms with van der Waals surface area (Å²) >= 11 is 3.76. The smallest absolute Gasteiger partial charge is 0.0465 e. The molecule has 0 spiro atoms. The SMILES string of the molecule is CC1CCCC(NC(Cc2cccs2)c2cccs2)C1. The van der Waals surface area contributed by atoms with Crippen molar-refractivity contribution in [1.29, 1.82) is 0 Å². The van der Waals surface area contributed by atoms with Crippen LogP contribution >= 0.6 is 22.7 Å². The van der Waals surface area contributed by atoms with E-state index < -0.39 is 0 Å². The molecule has 2 heterocycles. The molecule has 108 valence electrons. The van der Waals surface area contributed by atoms with Crippen molar-refractivity contribution in [3.05, 3.63) is 44.8 Å². The lowest BCUT2D eigenvalue weighted by atomic mass is 9.86. The second-order valence-corrected chi connectivity index (χ2v) is 8.00. The van der Waals surface area contributed by atoms with Gasteiger partial charge in [-0.25, -0.2) is 0 Å². The third kappa shape index (κ3) is 3.72. The van der Waals surface area contributed by atoms with Crippen LogP contribution in [0.5, 0.6) is 0 Å². The fourth-order valence-corrected chi connectivity index (χ4v) is 4.77. The molecular formula is C17H23NS2. The van der Waals surface area contributed by atoms with E-state index in [9.17, 15) is 0 Å². The van der Waals surface area contributed by atoms with Gasteiger partial charge >= 0.3 is 0 Å². The molecule has 0 aromatic carbocycles. The molecular weight excluding hydrogens is 282 g/mol. The first-order valence-electron chi connectivity index (χ1n) is 7.63. The van der Waals surface area contributed by atoms with Gasteiger partial charge in [-0.15, -0.1) is 22.7 Å². The number of thiophene rings is 2. The monoisotopic (exact) mass is 305 g/mol. The molecule has 3 heteroatoms. The van der Waals surface area contributed by atoms with Gasteiger partial charge in [0.15, 0.2) is 0 Å². The Labute approximate surface area is 130 Å². The van der Waals surface area contributed by atoms with Gasteiger partial charge in [-0.1, -0.05) is 31.9 Å². The Morgan fingerprint density at radius 3 is 2.75 bits per heavy atom. The summed E-state index contributed by atoms with van der Waals surface area (Å²) in [6, 6.07) is 10.1. The summed E-state index contributed by atoms with van der Waals surface area (Å²) in [7, 11) is 0. The third-order valence-corrected chi connectivity index (χ3v) is 6.13. The van der Waals surface area contributed by atoms with Crippen LogP contribution in [0.3, 0.4) is 0 Å². The fourth-order valence-electron chi connectivity index (χ4n) is 3.23. The molecule has 2 aromatic rings. The Balaban J connectivity index is 1.69. The summed E-state index contributed by atoms with van der Waals surface area (Å²) in [6.07, 6.45) is 6.60. The van der Waals surface area contributed by atoms with Crippen molar-refractivity contribution in [3.63, 3.8) is 0 Å². The van der Waals surface area contributed by atoms with Crippen LogP contribution in [-0.2, 0) is 6.42 Å². The first-order valence-corrected chi connectivity index (χ1v) is 9.39. The second kappa shape index (κ2) is 6.88. The Morgan fingerprint density at radius 2 is 2.05 bits per heavy atom. The van der Waals surface area contributed by atoms with Crippen LogP contribution in [0.25, 0.3) is 0 Å². The standard InChI is InChI=1S/C17H23NS2/c1-13-5-2-6-14(11-13)18-16(17-8-4-10-20-17)12-15-7-3-9-19-15/h3-4,7-10,13-14,16,18H,2,5-6,11-12H2,1H3. The van der Waals surface area contributed by atoms with E-state index in [0.29, 0.717) is 12.1 Å². The van der Waals surface area contributed by atoms with Gasteiger partial charge < -0.3 is 5.32 Å². The lowest BCUT2D eigenvalue weighted by Crippen LogP contribution is -2.36. The van der Waals surface area contributed by atoms with Gasteiger partial charge in [0.2, 0.25) is 0 Å². The van der Waals surface area contributed by atoms with Crippen LogP contribution < -0.4 is 5.32 Å². The highest BCUT2D eigenvalue weighted by Crippen LogP contribution is 2.29. The van der Waals surface area contributed by atoms with E-state index in [-0.39, 0.29) is 0 Å². The van der Waals surface area contributed by atoms with Gasteiger partial charge in [-0.3, -0.25) is 0 Å². The lowest BCUT2D eigenvalue weighted by molar-refractivity contribution is 0.281. The second-order valence-electron chi connectivity index (χ2n) is 5.99.